The zero-order valence-corrected chi connectivity index (χ0v) is 19.7. The van der Waals surface area contributed by atoms with E-state index in [1.165, 1.54) is 0 Å². The van der Waals surface area contributed by atoms with E-state index in [0.717, 1.165) is 0 Å². The van der Waals surface area contributed by atoms with Crippen molar-refractivity contribution in [2.24, 2.45) is 17.1 Å². The summed E-state index contributed by atoms with van der Waals surface area (Å²) in [5.74, 6) is -0.125. The molecule has 0 saturated heterocycles. The van der Waals surface area contributed by atoms with Crippen LogP contribution in [0.3, 0.4) is 0 Å². The fraction of sp³-hybridized carbons (Fsp3) is 0.857. The lowest BCUT2D eigenvalue weighted by atomic mass is 9.84. The molecule has 0 heterocycles. The van der Waals surface area contributed by atoms with E-state index in [0.29, 0.717) is 19.4 Å². The van der Waals surface area contributed by atoms with Gasteiger partial charge in [0.1, 0.15) is 0 Å². The molecule has 0 radical (unpaired) electrons. The minimum atomic E-state index is -0.597. The molecule has 0 aromatic rings. The summed E-state index contributed by atoms with van der Waals surface area (Å²) in [5, 5.41) is 8.75. The van der Waals surface area contributed by atoms with Crippen LogP contribution in [0.2, 0.25) is 0 Å². The highest BCUT2D eigenvalue weighted by Gasteiger charge is 2.33. The van der Waals surface area contributed by atoms with Crippen molar-refractivity contribution in [1.29, 1.82) is 0 Å². The van der Waals surface area contributed by atoms with Gasteiger partial charge < -0.3 is 21.7 Å². The Hall–Kier alpha value is -1.63. The van der Waals surface area contributed by atoms with Crippen molar-refractivity contribution in [3.05, 3.63) is 0 Å². The topological polar surface area (TPSA) is 113 Å². The maximum atomic E-state index is 12.8. The predicted octanol–water partition coefficient (Wildman–Crippen LogP) is 2.97. The quantitative estimate of drug-likeness (QED) is 0.446. The summed E-state index contributed by atoms with van der Waals surface area (Å²) in [5.41, 5.74) is 4.27. The third kappa shape index (κ3) is 12.7. The number of hydrogen-bond donors (Lipinski definition) is 4. The highest BCUT2D eigenvalue weighted by molar-refractivity contribution is 5.93. The SMILES string of the molecule is CC.CC(C)C(NC(C)(C)C)C(=O)NC(CCCNC(N)=O)C(=O)C(C)(C)C. The molecular weight excluding hydrogens is 356 g/mol. The molecule has 0 bridgehead atoms. The summed E-state index contributed by atoms with van der Waals surface area (Å²) < 4.78 is 0. The predicted molar refractivity (Wildman–Crippen MR) is 116 cm³/mol. The number of hydrogen-bond acceptors (Lipinski definition) is 4. The fourth-order valence-electron chi connectivity index (χ4n) is 2.57. The second-order valence-electron chi connectivity index (χ2n) is 9.22. The number of ketones is 1. The second kappa shape index (κ2) is 12.8. The van der Waals surface area contributed by atoms with E-state index in [4.69, 9.17) is 5.73 Å². The van der Waals surface area contributed by atoms with Gasteiger partial charge in [0.15, 0.2) is 5.78 Å². The van der Waals surface area contributed by atoms with E-state index >= 15 is 0 Å². The number of nitrogens with two attached hydrogens (primary N) is 1. The number of carbonyl (C=O) groups is 3. The van der Waals surface area contributed by atoms with E-state index < -0.39 is 23.5 Å². The third-order valence-electron chi connectivity index (χ3n) is 3.88. The Morgan fingerprint density at radius 2 is 1.46 bits per heavy atom. The maximum Gasteiger partial charge on any atom is 0.312 e. The lowest BCUT2D eigenvalue weighted by Gasteiger charge is -2.32. The van der Waals surface area contributed by atoms with Crippen molar-refractivity contribution < 1.29 is 14.4 Å². The first-order valence-corrected chi connectivity index (χ1v) is 10.3. The van der Waals surface area contributed by atoms with Gasteiger partial charge in [-0.2, -0.15) is 0 Å². The minimum absolute atomic E-state index is 0.0248. The molecule has 28 heavy (non-hydrogen) atoms. The van der Waals surface area contributed by atoms with Crippen LogP contribution in [-0.2, 0) is 9.59 Å². The normalized spacial score (nSPS) is 13.8. The number of primary amides is 1. The molecule has 0 saturated carbocycles. The van der Waals surface area contributed by atoms with Crippen molar-refractivity contribution >= 4 is 17.7 Å². The van der Waals surface area contributed by atoms with Crippen LogP contribution in [-0.4, -0.2) is 41.9 Å². The molecule has 0 fully saturated rings. The van der Waals surface area contributed by atoms with Crippen molar-refractivity contribution in [3.63, 3.8) is 0 Å². The van der Waals surface area contributed by atoms with Gasteiger partial charge in [-0.25, -0.2) is 4.79 Å². The van der Waals surface area contributed by atoms with E-state index in [1.807, 2.05) is 69.2 Å². The van der Waals surface area contributed by atoms with Crippen molar-refractivity contribution in [3.8, 4) is 0 Å². The second-order valence-corrected chi connectivity index (χ2v) is 9.22. The molecule has 0 rings (SSSR count). The van der Waals surface area contributed by atoms with E-state index in [2.05, 4.69) is 16.0 Å². The summed E-state index contributed by atoms with van der Waals surface area (Å²) >= 11 is 0. The summed E-state index contributed by atoms with van der Waals surface area (Å²) in [6.45, 7) is 19.8. The number of urea groups is 1. The van der Waals surface area contributed by atoms with Crippen molar-refractivity contribution in [1.82, 2.24) is 16.0 Å². The van der Waals surface area contributed by atoms with Crippen LogP contribution in [0.1, 0.15) is 82.1 Å². The minimum Gasteiger partial charge on any atom is -0.352 e. The molecule has 5 N–H and O–H groups in total. The molecule has 0 spiro atoms. The summed E-state index contributed by atoms with van der Waals surface area (Å²) in [6, 6.07) is -1.59. The molecule has 7 nitrogen and oxygen atoms in total. The van der Waals surface area contributed by atoms with Gasteiger partial charge in [0.05, 0.1) is 12.1 Å². The van der Waals surface area contributed by atoms with Crippen LogP contribution in [0, 0.1) is 11.3 Å². The lowest BCUT2D eigenvalue weighted by molar-refractivity contribution is -0.134. The van der Waals surface area contributed by atoms with Gasteiger partial charge in [0, 0.05) is 17.5 Å². The first kappa shape index (κ1) is 28.6. The number of rotatable bonds is 9. The summed E-state index contributed by atoms with van der Waals surface area (Å²) in [4.78, 5) is 36.4. The Bertz CT molecular complexity index is 491. The largest absolute Gasteiger partial charge is 0.352 e. The highest BCUT2D eigenvalue weighted by Crippen LogP contribution is 2.19. The standard InChI is InChI=1S/C19H38N4O3.C2H6/c1-12(2)14(23-19(6,7)8)16(25)22-13(15(24)18(3,4)5)10-9-11-21-17(20)26;1-2/h12-14,23H,9-11H2,1-8H3,(H,22,25)(H3,20,21,26);1-2H3. The van der Waals surface area contributed by atoms with Gasteiger partial charge in [0.25, 0.3) is 0 Å². The van der Waals surface area contributed by atoms with E-state index in [9.17, 15) is 14.4 Å². The van der Waals surface area contributed by atoms with Crippen LogP contribution >= 0.6 is 0 Å². The summed E-state index contributed by atoms with van der Waals surface area (Å²) in [6.07, 6.45) is 0.997. The first-order chi connectivity index (χ1) is 12.6. The van der Waals surface area contributed by atoms with Crippen LogP contribution in [0.5, 0.6) is 0 Å². The average molecular weight is 401 g/mol. The monoisotopic (exact) mass is 400 g/mol. The van der Waals surface area contributed by atoms with Gasteiger partial charge in [-0.05, 0) is 39.5 Å². The Labute approximate surface area is 172 Å². The van der Waals surface area contributed by atoms with E-state index in [-0.39, 0.29) is 23.1 Å². The smallest absolute Gasteiger partial charge is 0.312 e. The Morgan fingerprint density at radius 3 is 1.82 bits per heavy atom. The Morgan fingerprint density at radius 1 is 0.964 bits per heavy atom. The molecule has 0 aliphatic heterocycles. The average Bonchev–Trinajstić information content (AvgIpc) is 2.54. The van der Waals surface area contributed by atoms with Crippen LogP contribution < -0.4 is 21.7 Å². The van der Waals surface area contributed by atoms with Crippen molar-refractivity contribution in [2.75, 3.05) is 6.54 Å². The molecule has 0 aromatic carbocycles. The number of amides is 3. The number of nitrogens with one attached hydrogen (secondary N) is 3. The number of carbonyl (C=O) groups excluding carboxylic acids is 3. The summed E-state index contributed by atoms with van der Waals surface area (Å²) in [7, 11) is 0. The van der Waals surface area contributed by atoms with Gasteiger partial charge in [-0.3, -0.25) is 9.59 Å². The first-order valence-electron chi connectivity index (χ1n) is 10.3. The zero-order valence-electron chi connectivity index (χ0n) is 19.7. The van der Waals surface area contributed by atoms with Gasteiger partial charge >= 0.3 is 6.03 Å². The van der Waals surface area contributed by atoms with Gasteiger partial charge in [0.2, 0.25) is 5.91 Å². The highest BCUT2D eigenvalue weighted by atomic mass is 16.2. The third-order valence-corrected chi connectivity index (χ3v) is 3.88. The molecule has 0 aromatic heterocycles. The van der Waals surface area contributed by atoms with Crippen molar-refractivity contribution in [2.45, 2.75) is 99.7 Å². The maximum absolute atomic E-state index is 12.8. The van der Waals surface area contributed by atoms with Gasteiger partial charge in [-0.15, -0.1) is 0 Å². The zero-order chi connectivity index (χ0) is 22.7. The molecule has 0 aliphatic rings. The van der Waals surface area contributed by atoms with Crippen LogP contribution in [0.25, 0.3) is 0 Å². The lowest BCUT2D eigenvalue weighted by Crippen LogP contribution is -2.57. The Kier molecular flexibility index (Phi) is 13.0. The van der Waals surface area contributed by atoms with E-state index in [1.54, 1.807) is 0 Å². The molecule has 2 atom stereocenters. The molecule has 166 valence electrons. The molecule has 7 heteroatoms. The van der Waals surface area contributed by atoms with Crippen LogP contribution in [0.4, 0.5) is 4.79 Å². The van der Waals surface area contributed by atoms with Gasteiger partial charge in [-0.1, -0.05) is 48.5 Å². The molecular formula is C21H44N4O3. The fourth-order valence-corrected chi connectivity index (χ4v) is 2.57. The molecule has 2 unspecified atom stereocenters. The Balaban J connectivity index is 0. The molecule has 3 amide bonds. The molecule has 0 aliphatic carbocycles. The van der Waals surface area contributed by atoms with Crippen LogP contribution in [0.15, 0.2) is 0 Å². The number of Topliss-reactive ketones (excluding diaryl/α,β-unsaturated/α-hetero) is 1.